The molecule has 0 bridgehead atoms. The molecule has 2 aromatic heterocycles. The van der Waals surface area contributed by atoms with Crippen LogP contribution >= 0.6 is 0 Å². The average molecular weight is 356 g/mol. The number of nitrogens with one attached hydrogen (secondary N) is 1. The van der Waals surface area contributed by atoms with Crippen LogP contribution in [-0.2, 0) is 0 Å². The van der Waals surface area contributed by atoms with Gasteiger partial charge in [0.25, 0.3) is 11.8 Å². The summed E-state index contributed by atoms with van der Waals surface area (Å²) in [6.45, 7) is 1.91. The fourth-order valence-electron chi connectivity index (χ4n) is 2.66. The summed E-state index contributed by atoms with van der Waals surface area (Å²) in [5.41, 5.74) is 3.68. The van der Waals surface area contributed by atoms with Gasteiger partial charge in [0.1, 0.15) is 5.69 Å². The zero-order valence-electron chi connectivity index (χ0n) is 14.6. The van der Waals surface area contributed by atoms with Crippen molar-refractivity contribution in [2.45, 2.75) is 6.92 Å². The second-order valence-electron chi connectivity index (χ2n) is 5.98. The molecular formula is C21H16N4O2. The lowest BCUT2D eigenvalue weighted by molar-refractivity contribution is 0.102. The van der Waals surface area contributed by atoms with Crippen LogP contribution in [0.25, 0.3) is 23.0 Å². The Morgan fingerprint density at radius 2 is 1.74 bits per heavy atom. The smallest absolute Gasteiger partial charge is 0.258 e. The van der Waals surface area contributed by atoms with E-state index in [9.17, 15) is 4.79 Å². The summed E-state index contributed by atoms with van der Waals surface area (Å²) in [7, 11) is 0. The summed E-state index contributed by atoms with van der Waals surface area (Å²) in [4.78, 5) is 21.0. The van der Waals surface area contributed by atoms with Gasteiger partial charge < -0.3 is 9.84 Å². The molecule has 6 nitrogen and oxygen atoms in total. The van der Waals surface area contributed by atoms with E-state index >= 15 is 0 Å². The van der Waals surface area contributed by atoms with Crippen molar-refractivity contribution in [2.75, 3.05) is 5.32 Å². The lowest BCUT2D eigenvalue weighted by Crippen LogP contribution is -2.13. The Hall–Kier alpha value is -3.80. The Labute approximate surface area is 155 Å². The molecule has 1 amide bonds. The third-order valence-electron chi connectivity index (χ3n) is 4.10. The molecule has 0 saturated carbocycles. The predicted molar refractivity (Wildman–Crippen MR) is 102 cm³/mol. The number of hydrogen-bond donors (Lipinski definition) is 1. The summed E-state index contributed by atoms with van der Waals surface area (Å²) in [5.74, 6) is 0.686. The monoisotopic (exact) mass is 356 g/mol. The fourth-order valence-corrected chi connectivity index (χ4v) is 2.66. The highest BCUT2D eigenvalue weighted by molar-refractivity contribution is 6.05. The minimum absolute atomic E-state index is 0.143. The zero-order valence-corrected chi connectivity index (χ0v) is 14.6. The molecule has 0 saturated heterocycles. The van der Waals surface area contributed by atoms with Gasteiger partial charge in [-0.1, -0.05) is 29.4 Å². The Kier molecular flexibility index (Phi) is 4.45. The minimum atomic E-state index is -0.143. The van der Waals surface area contributed by atoms with Crippen LogP contribution in [0.4, 0.5) is 5.69 Å². The van der Waals surface area contributed by atoms with E-state index in [-0.39, 0.29) is 5.91 Å². The topological polar surface area (TPSA) is 80.9 Å². The maximum Gasteiger partial charge on any atom is 0.258 e. The van der Waals surface area contributed by atoms with Crippen molar-refractivity contribution in [1.82, 2.24) is 15.1 Å². The minimum Gasteiger partial charge on any atom is -0.334 e. The van der Waals surface area contributed by atoms with Crippen LogP contribution in [0.3, 0.4) is 0 Å². The molecule has 0 spiro atoms. The van der Waals surface area contributed by atoms with Crippen LogP contribution in [0.2, 0.25) is 0 Å². The number of hydrogen-bond acceptors (Lipinski definition) is 5. The molecule has 0 aliphatic rings. The molecule has 0 unspecified atom stereocenters. The Balaban J connectivity index is 1.50. The van der Waals surface area contributed by atoms with Crippen molar-refractivity contribution in [3.8, 4) is 23.0 Å². The largest absolute Gasteiger partial charge is 0.334 e. The number of pyridine rings is 1. The lowest BCUT2D eigenvalue weighted by atomic mass is 10.1. The molecule has 0 fully saturated rings. The van der Waals surface area contributed by atoms with Crippen molar-refractivity contribution in [2.24, 2.45) is 0 Å². The molecular weight excluding hydrogens is 340 g/mol. The predicted octanol–water partition coefficient (Wildman–Crippen LogP) is 4.36. The molecule has 4 rings (SSSR count). The molecule has 132 valence electrons. The van der Waals surface area contributed by atoms with Gasteiger partial charge in [-0.15, -0.1) is 0 Å². The number of aryl methyl sites for hydroxylation is 1. The van der Waals surface area contributed by atoms with E-state index < -0.39 is 0 Å². The highest BCUT2D eigenvalue weighted by Gasteiger charge is 2.12. The van der Waals surface area contributed by atoms with Gasteiger partial charge in [0.2, 0.25) is 5.82 Å². The third-order valence-corrected chi connectivity index (χ3v) is 4.10. The van der Waals surface area contributed by atoms with Crippen LogP contribution in [0.1, 0.15) is 15.9 Å². The summed E-state index contributed by atoms with van der Waals surface area (Å²) < 4.78 is 5.32. The SMILES string of the molecule is Cc1ccccc1C(=O)Nc1ccc(-c2nc(-c3ccccn3)no2)cc1. The van der Waals surface area contributed by atoms with Crippen LogP contribution < -0.4 is 5.32 Å². The van der Waals surface area contributed by atoms with E-state index in [2.05, 4.69) is 20.4 Å². The number of anilines is 1. The molecule has 0 radical (unpaired) electrons. The zero-order chi connectivity index (χ0) is 18.6. The molecule has 0 atom stereocenters. The first-order valence-electron chi connectivity index (χ1n) is 8.43. The summed E-state index contributed by atoms with van der Waals surface area (Å²) in [6, 6.07) is 20.2. The van der Waals surface area contributed by atoms with Crippen LogP contribution in [0.15, 0.2) is 77.4 Å². The summed E-state index contributed by atoms with van der Waals surface area (Å²) in [6.07, 6.45) is 1.68. The van der Waals surface area contributed by atoms with Crippen LogP contribution in [0.5, 0.6) is 0 Å². The number of carbonyl (C=O) groups excluding carboxylic acids is 1. The normalized spacial score (nSPS) is 10.6. The van der Waals surface area contributed by atoms with E-state index in [1.807, 2.05) is 55.5 Å². The van der Waals surface area contributed by atoms with Gasteiger partial charge in [-0.2, -0.15) is 4.98 Å². The van der Waals surface area contributed by atoms with Crippen LogP contribution in [0, 0.1) is 6.92 Å². The van der Waals surface area contributed by atoms with Gasteiger partial charge in [-0.3, -0.25) is 9.78 Å². The maximum atomic E-state index is 12.4. The van der Waals surface area contributed by atoms with E-state index in [0.717, 1.165) is 11.1 Å². The van der Waals surface area contributed by atoms with Crippen LogP contribution in [-0.4, -0.2) is 21.0 Å². The Morgan fingerprint density at radius 3 is 2.48 bits per heavy atom. The summed E-state index contributed by atoms with van der Waals surface area (Å²) in [5, 5.41) is 6.86. The van der Waals surface area contributed by atoms with Gasteiger partial charge in [-0.25, -0.2) is 0 Å². The number of rotatable bonds is 4. The van der Waals surface area contributed by atoms with Gasteiger partial charge in [0, 0.05) is 23.0 Å². The second kappa shape index (κ2) is 7.21. The molecule has 2 aromatic carbocycles. The van der Waals surface area contributed by atoms with Crippen molar-refractivity contribution in [3.05, 3.63) is 84.1 Å². The van der Waals surface area contributed by atoms with Crippen molar-refractivity contribution < 1.29 is 9.32 Å². The molecule has 2 heterocycles. The third kappa shape index (κ3) is 3.59. The van der Waals surface area contributed by atoms with Crippen molar-refractivity contribution in [3.63, 3.8) is 0 Å². The Bertz CT molecular complexity index is 1070. The van der Waals surface area contributed by atoms with E-state index in [1.165, 1.54) is 0 Å². The number of amides is 1. The Morgan fingerprint density at radius 1 is 0.963 bits per heavy atom. The first-order chi connectivity index (χ1) is 13.2. The number of nitrogens with zero attached hydrogens (tertiary/aromatic N) is 3. The van der Waals surface area contributed by atoms with E-state index in [0.29, 0.717) is 28.7 Å². The van der Waals surface area contributed by atoms with Crippen molar-refractivity contribution >= 4 is 11.6 Å². The number of aromatic nitrogens is 3. The first kappa shape index (κ1) is 16.7. The van der Waals surface area contributed by atoms with Gasteiger partial charge in [0.05, 0.1) is 0 Å². The quantitative estimate of drug-likeness (QED) is 0.587. The standard InChI is InChI=1S/C21H16N4O2/c1-14-6-2-3-7-17(14)20(26)23-16-11-9-15(10-12-16)21-24-19(25-27-21)18-8-4-5-13-22-18/h2-13H,1H3,(H,23,26). The van der Waals surface area contributed by atoms with E-state index in [4.69, 9.17) is 4.52 Å². The molecule has 6 heteroatoms. The second-order valence-corrected chi connectivity index (χ2v) is 5.98. The fraction of sp³-hybridized carbons (Fsp3) is 0.0476. The molecule has 1 N–H and O–H groups in total. The molecule has 27 heavy (non-hydrogen) atoms. The van der Waals surface area contributed by atoms with Gasteiger partial charge in [0.15, 0.2) is 0 Å². The molecule has 4 aromatic rings. The highest BCUT2D eigenvalue weighted by Crippen LogP contribution is 2.23. The lowest BCUT2D eigenvalue weighted by Gasteiger charge is -2.07. The summed E-state index contributed by atoms with van der Waals surface area (Å²) >= 11 is 0. The van der Waals surface area contributed by atoms with Gasteiger partial charge >= 0.3 is 0 Å². The number of carbonyl (C=O) groups is 1. The highest BCUT2D eigenvalue weighted by atomic mass is 16.5. The van der Waals surface area contributed by atoms with Gasteiger partial charge in [-0.05, 0) is 55.0 Å². The molecule has 0 aliphatic heterocycles. The van der Waals surface area contributed by atoms with E-state index in [1.54, 1.807) is 24.4 Å². The first-order valence-corrected chi connectivity index (χ1v) is 8.43. The molecule has 0 aliphatic carbocycles. The average Bonchev–Trinajstić information content (AvgIpc) is 3.20. The van der Waals surface area contributed by atoms with Crippen molar-refractivity contribution in [1.29, 1.82) is 0 Å². The maximum absolute atomic E-state index is 12.4. The number of benzene rings is 2.